The summed E-state index contributed by atoms with van der Waals surface area (Å²) in [5.41, 5.74) is 1.24. The average Bonchev–Trinajstić information content (AvgIpc) is 2.76. The van der Waals surface area contributed by atoms with Crippen LogP contribution in [-0.4, -0.2) is 87.4 Å². The molecule has 7 N–H and O–H groups in total. The Balaban J connectivity index is 1.76. The standard InChI is InChI=1S/C18H24N10O6S2/c1-11-21-10-22-17(23-11)24-12-3-2-4-13(7-12)25-18-27-15(19-5-6-35(30)31)26-16(28-18)20-8-14(29)9-36(32,33)34/h2-4,7,10,14,29H,5-6,8-9H2,1H3,(H,30,31)(H,32,33,34)(H,21,22,23,24)(H3,19,20,25,26,27,28). The van der Waals surface area contributed by atoms with Gasteiger partial charge in [-0.3, -0.25) is 4.55 Å². The Labute approximate surface area is 208 Å². The monoisotopic (exact) mass is 540 g/mol. The van der Waals surface area contributed by atoms with Crippen molar-refractivity contribution in [2.45, 2.75) is 13.0 Å². The number of nitrogens with zero attached hydrogens (tertiary/aromatic N) is 6. The van der Waals surface area contributed by atoms with E-state index in [1.54, 1.807) is 31.2 Å². The highest BCUT2D eigenvalue weighted by Crippen LogP contribution is 2.21. The number of aromatic nitrogens is 6. The molecule has 2 aromatic heterocycles. The van der Waals surface area contributed by atoms with Gasteiger partial charge in [0.1, 0.15) is 17.9 Å². The molecule has 16 nitrogen and oxygen atoms in total. The zero-order valence-corrected chi connectivity index (χ0v) is 20.5. The fourth-order valence-electron chi connectivity index (χ4n) is 2.72. The van der Waals surface area contributed by atoms with Crippen molar-refractivity contribution < 1.29 is 26.8 Å². The quantitative estimate of drug-likeness (QED) is 0.113. The van der Waals surface area contributed by atoms with Crippen LogP contribution in [0.3, 0.4) is 0 Å². The second kappa shape index (κ2) is 12.4. The van der Waals surface area contributed by atoms with Gasteiger partial charge in [0.25, 0.3) is 10.1 Å². The molecular weight excluding hydrogens is 516 g/mol. The van der Waals surface area contributed by atoms with Crippen molar-refractivity contribution in [1.82, 2.24) is 29.9 Å². The molecule has 0 aliphatic carbocycles. The van der Waals surface area contributed by atoms with Gasteiger partial charge in [-0.2, -0.15) is 28.4 Å². The van der Waals surface area contributed by atoms with E-state index in [0.29, 0.717) is 23.1 Å². The molecule has 1 aromatic carbocycles. The molecule has 2 heterocycles. The lowest BCUT2D eigenvalue weighted by atomic mass is 10.3. The van der Waals surface area contributed by atoms with Gasteiger partial charge in [-0.25, -0.2) is 14.2 Å². The minimum Gasteiger partial charge on any atom is -0.390 e. The molecule has 0 aliphatic heterocycles. The Morgan fingerprint density at radius 2 is 1.61 bits per heavy atom. The lowest BCUT2D eigenvalue weighted by Gasteiger charge is -2.13. The molecule has 2 atom stereocenters. The van der Waals surface area contributed by atoms with Gasteiger partial charge in [-0.15, -0.1) is 0 Å². The summed E-state index contributed by atoms with van der Waals surface area (Å²) in [6.45, 7) is 1.54. The molecule has 0 fully saturated rings. The second-order valence-corrected chi connectivity index (χ2v) is 9.78. The van der Waals surface area contributed by atoms with Gasteiger partial charge >= 0.3 is 0 Å². The number of rotatable bonds is 13. The third kappa shape index (κ3) is 9.58. The Bertz CT molecular complexity index is 1310. The van der Waals surface area contributed by atoms with Gasteiger partial charge in [0.05, 0.1) is 11.9 Å². The number of nitrogens with one attached hydrogen (secondary N) is 4. The fraction of sp³-hybridized carbons (Fsp3) is 0.333. The van der Waals surface area contributed by atoms with E-state index < -0.39 is 33.1 Å². The topological polar surface area (TPSA) is 237 Å². The number of anilines is 6. The van der Waals surface area contributed by atoms with E-state index in [4.69, 9.17) is 9.11 Å². The number of hydrogen-bond acceptors (Lipinski definition) is 14. The molecule has 0 spiro atoms. The van der Waals surface area contributed by atoms with Crippen molar-refractivity contribution >= 4 is 56.4 Å². The van der Waals surface area contributed by atoms with Crippen LogP contribution in [0.4, 0.5) is 35.2 Å². The van der Waals surface area contributed by atoms with E-state index in [1.807, 2.05) is 0 Å². The number of aliphatic hydroxyl groups is 1. The third-order valence-electron chi connectivity index (χ3n) is 4.16. The van der Waals surface area contributed by atoms with Gasteiger partial charge < -0.3 is 30.9 Å². The summed E-state index contributed by atoms with van der Waals surface area (Å²) in [5, 5.41) is 21.3. The van der Waals surface area contributed by atoms with E-state index in [0.717, 1.165) is 0 Å². The van der Waals surface area contributed by atoms with Crippen molar-refractivity contribution in [1.29, 1.82) is 0 Å². The minimum atomic E-state index is -4.37. The minimum absolute atomic E-state index is 0.0237. The molecular formula is C18H24N10O6S2. The molecule has 194 valence electrons. The Morgan fingerprint density at radius 3 is 2.25 bits per heavy atom. The highest BCUT2D eigenvalue weighted by molar-refractivity contribution is 7.85. The van der Waals surface area contributed by atoms with Crippen LogP contribution >= 0.6 is 0 Å². The maximum atomic E-state index is 10.9. The van der Waals surface area contributed by atoms with Gasteiger partial charge in [0.2, 0.25) is 23.8 Å². The van der Waals surface area contributed by atoms with E-state index >= 15 is 0 Å². The molecule has 0 saturated heterocycles. The van der Waals surface area contributed by atoms with Gasteiger partial charge in [-0.05, 0) is 25.1 Å². The SMILES string of the molecule is Cc1ncnc(Nc2cccc(Nc3nc(NCCS(=O)O)nc(NCC(O)CS(=O)(=O)O)n3)c2)n1. The lowest BCUT2D eigenvalue weighted by molar-refractivity contribution is 0.207. The fourth-order valence-corrected chi connectivity index (χ4v) is 3.60. The van der Waals surface area contributed by atoms with Crippen molar-refractivity contribution in [3.8, 4) is 0 Å². The number of hydrogen-bond donors (Lipinski definition) is 7. The molecule has 3 rings (SSSR count). The summed E-state index contributed by atoms with van der Waals surface area (Å²) in [6, 6.07) is 7.05. The zero-order valence-electron chi connectivity index (χ0n) is 18.9. The van der Waals surface area contributed by atoms with Crippen molar-refractivity contribution in [2.75, 3.05) is 45.9 Å². The molecule has 0 bridgehead atoms. The number of aliphatic hydroxyl groups excluding tert-OH is 1. The van der Waals surface area contributed by atoms with Crippen molar-refractivity contribution in [2.24, 2.45) is 0 Å². The van der Waals surface area contributed by atoms with E-state index in [-0.39, 0.29) is 36.7 Å². The zero-order chi connectivity index (χ0) is 26.1. The second-order valence-electron chi connectivity index (χ2n) is 7.23. The third-order valence-corrected chi connectivity index (χ3v) is 5.52. The molecule has 0 amide bonds. The van der Waals surface area contributed by atoms with Gasteiger partial charge in [0, 0.05) is 24.5 Å². The lowest BCUT2D eigenvalue weighted by Crippen LogP contribution is -2.28. The van der Waals surface area contributed by atoms with Crippen LogP contribution in [0.1, 0.15) is 5.82 Å². The molecule has 0 saturated carbocycles. The van der Waals surface area contributed by atoms with Crippen LogP contribution in [0, 0.1) is 6.92 Å². The Morgan fingerprint density at radius 1 is 0.972 bits per heavy atom. The van der Waals surface area contributed by atoms with Crippen LogP contribution in [0.2, 0.25) is 0 Å². The van der Waals surface area contributed by atoms with Crippen LogP contribution in [0.5, 0.6) is 0 Å². The van der Waals surface area contributed by atoms with Crippen LogP contribution in [0.15, 0.2) is 30.6 Å². The van der Waals surface area contributed by atoms with Crippen LogP contribution in [0.25, 0.3) is 0 Å². The first-order valence-corrected chi connectivity index (χ1v) is 13.2. The molecule has 0 aliphatic rings. The predicted molar refractivity (Wildman–Crippen MR) is 132 cm³/mol. The summed E-state index contributed by atoms with van der Waals surface area (Å²) in [5.74, 6) is 0.0847. The van der Waals surface area contributed by atoms with E-state index in [9.17, 15) is 17.7 Å². The average molecular weight is 541 g/mol. The number of benzene rings is 1. The van der Waals surface area contributed by atoms with Crippen molar-refractivity contribution in [3.63, 3.8) is 0 Å². The van der Waals surface area contributed by atoms with Crippen LogP contribution < -0.4 is 21.3 Å². The molecule has 36 heavy (non-hydrogen) atoms. The molecule has 18 heteroatoms. The summed E-state index contributed by atoms with van der Waals surface area (Å²) in [6.07, 6.45) is -0.0388. The van der Waals surface area contributed by atoms with E-state index in [2.05, 4.69) is 51.2 Å². The van der Waals surface area contributed by atoms with E-state index in [1.165, 1.54) is 6.33 Å². The van der Waals surface area contributed by atoms with Gasteiger partial charge in [0.15, 0.2) is 11.1 Å². The van der Waals surface area contributed by atoms with Crippen LogP contribution in [-0.2, 0) is 21.2 Å². The Hall–Kier alpha value is -3.58. The largest absolute Gasteiger partial charge is 0.390 e. The first kappa shape index (κ1) is 27.0. The summed E-state index contributed by atoms with van der Waals surface area (Å²) < 4.78 is 50.6. The molecule has 0 radical (unpaired) electrons. The summed E-state index contributed by atoms with van der Waals surface area (Å²) >= 11 is -2.02. The predicted octanol–water partition coefficient (Wildman–Crippen LogP) is 0.146. The number of aryl methyl sites for hydroxylation is 1. The summed E-state index contributed by atoms with van der Waals surface area (Å²) in [4.78, 5) is 24.7. The summed E-state index contributed by atoms with van der Waals surface area (Å²) in [7, 11) is -4.37. The highest BCUT2D eigenvalue weighted by Gasteiger charge is 2.15. The highest BCUT2D eigenvalue weighted by atomic mass is 32.2. The first-order valence-electron chi connectivity index (χ1n) is 10.3. The maximum Gasteiger partial charge on any atom is 0.267 e. The van der Waals surface area contributed by atoms with Gasteiger partial charge in [-0.1, -0.05) is 6.07 Å². The first-order chi connectivity index (χ1) is 17.1. The molecule has 2 unspecified atom stereocenters. The molecule has 3 aromatic rings. The maximum absolute atomic E-state index is 10.9. The van der Waals surface area contributed by atoms with Crippen molar-refractivity contribution in [3.05, 3.63) is 36.4 Å². The smallest absolute Gasteiger partial charge is 0.267 e. The Kier molecular flexibility index (Phi) is 9.31. The normalized spacial score (nSPS) is 13.0.